The van der Waals surface area contributed by atoms with Gasteiger partial charge in [0.25, 0.3) is 0 Å². The molecule has 0 aliphatic heterocycles. The molecule has 1 aromatic heterocycles. The maximum Gasteiger partial charge on any atom is 0.151 e. The predicted octanol–water partition coefficient (Wildman–Crippen LogP) is 3.98. The average molecular weight is 292 g/mol. The third kappa shape index (κ3) is 2.07. The molecule has 0 N–H and O–H groups in total. The van der Waals surface area contributed by atoms with E-state index in [4.69, 9.17) is 0 Å². The topological polar surface area (TPSA) is 22.0 Å². The van der Waals surface area contributed by atoms with Crippen molar-refractivity contribution in [3.63, 3.8) is 0 Å². The van der Waals surface area contributed by atoms with E-state index < -0.39 is 0 Å². The molecule has 0 aliphatic carbocycles. The number of hydrogen-bond acceptors (Lipinski definition) is 1. The van der Waals surface area contributed by atoms with Gasteiger partial charge in [-0.25, -0.2) is 0 Å². The number of hydrogen-bond donors (Lipinski definition) is 0. The maximum absolute atomic E-state index is 10.9. The van der Waals surface area contributed by atoms with Gasteiger partial charge in [0.05, 0.1) is 0 Å². The van der Waals surface area contributed by atoms with Crippen LogP contribution in [0.4, 0.5) is 0 Å². The molecular formula is C14H14BrNO. The molecule has 0 amide bonds. The molecule has 0 atom stereocenters. The Labute approximate surface area is 109 Å². The summed E-state index contributed by atoms with van der Waals surface area (Å²) in [5.74, 6) is 0. The van der Waals surface area contributed by atoms with Crippen LogP contribution < -0.4 is 0 Å². The van der Waals surface area contributed by atoms with Crippen molar-refractivity contribution < 1.29 is 4.79 Å². The van der Waals surface area contributed by atoms with Crippen LogP contribution >= 0.6 is 15.9 Å². The molecule has 0 radical (unpaired) electrons. The smallest absolute Gasteiger partial charge is 0.151 e. The Morgan fingerprint density at radius 3 is 2.41 bits per heavy atom. The van der Waals surface area contributed by atoms with Gasteiger partial charge in [-0.1, -0.05) is 15.9 Å². The number of carbonyl (C=O) groups excluding carboxylic acids is 1. The van der Waals surface area contributed by atoms with Crippen molar-refractivity contribution in [3.8, 4) is 5.69 Å². The van der Waals surface area contributed by atoms with Crippen LogP contribution in [0.3, 0.4) is 0 Å². The van der Waals surface area contributed by atoms with Crippen LogP contribution in [0.15, 0.2) is 28.7 Å². The minimum atomic E-state index is 0.754. The lowest BCUT2D eigenvalue weighted by Gasteiger charge is -2.12. The summed E-state index contributed by atoms with van der Waals surface area (Å²) >= 11 is 3.46. The molecule has 3 heteroatoms. The number of halogens is 1. The Kier molecular flexibility index (Phi) is 3.20. The lowest BCUT2D eigenvalue weighted by atomic mass is 10.2. The Bertz CT molecular complexity index is 584. The number of aryl methyl sites for hydroxylation is 2. The van der Waals surface area contributed by atoms with Crippen LogP contribution in [0.25, 0.3) is 5.69 Å². The highest BCUT2D eigenvalue weighted by atomic mass is 79.9. The van der Waals surface area contributed by atoms with E-state index in [0.717, 1.165) is 33.4 Å². The van der Waals surface area contributed by atoms with Gasteiger partial charge in [0.2, 0.25) is 0 Å². The molecule has 2 aromatic rings. The van der Waals surface area contributed by atoms with E-state index in [2.05, 4.69) is 39.6 Å². The second-order valence-corrected chi connectivity index (χ2v) is 5.13. The van der Waals surface area contributed by atoms with Crippen molar-refractivity contribution in [1.82, 2.24) is 4.57 Å². The van der Waals surface area contributed by atoms with E-state index >= 15 is 0 Å². The Morgan fingerprint density at radius 2 is 1.88 bits per heavy atom. The van der Waals surface area contributed by atoms with E-state index in [1.807, 2.05) is 26.0 Å². The van der Waals surface area contributed by atoms with Crippen LogP contribution in [-0.2, 0) is 0 Å². The van der Waals surface area contributed by atoms with E-state index in [0.29, 0.717) is 0 Å². The zero-order valence-corrected chi connectivity index (χ0v) is 11.7. The molecule has 88 valence electrons. The molecule has 17 heavy (non-hydrogen) atoms. The lowest BCUT2D eigenvalue weighted by molar-refractivity contribution is 0.112. The normalized spacial score (nSPS) is 10.6. The third-order valence-corrected chi connectivity index (χ3v) is 3.49. The second kappa shape index (κ2) is 4.49. The van der Waals surface area contributed by atoms with E-state index in [-0.39, 0.29) is 0 Å². The quantitative estimate of drug-likeness (QED) is 0.767. The summed E-state index contributed by atoms with van der Waals surface area (Å²) in [6.07, 6.45) is 0.910. The van der Waals surface area contributed by atoms with E-state index in [9.17, 15) is 4.79 Å². The molecule has 1 heterocycles. The number of nitrogens with zero attached hydrogens (tertiary/aromatic N) is 1. The van der Waals surface area contributed by atoms with Gasteiger partial charge in [-0.2, -0.15) is 0 Å². The van der Waals surface area contributed by atoms with Gasteiger partial charge in [-0.15, -0.1) is 0 Å². The minimum Gasteiger partial charge on any atom is -0.318 e. The summed E-state index contributed by atoms with van der Waals surface area (Å²) in [5, 5.41) is 0. The maximum atomic E-state index is 10.9. The van der Waals surface area contributed by atoms with Crippen molar-refractivity contribution in [3.05, 3.63) is 51.3 Å². The molecule has 0 spiro atoms. The van der Waals surface area contributed by atoms with Gasteiger partial charge >= 0.3 is 0 Å². The van der Waals surface area contributed by atoms with Crippen molar-refractivity contribution in [2.75, 3.05) is 0 Å². The first-order valence-corrected chi connectivity index (χ1v) is 6.24. The Hall–Kier alpha value is -1.35. The third-order valence-electron chi connectivity index (χ3n) is 3.00. The van der Waals surface area contributed by atoms with Crippen LogP contribution in [0.2, 0.25) is 0 Å². The molecular weight excluding hydrogens is 278 g/mol. The Balaban J connectivity index is 2.68. The van der Waals surface area contributed by atoms with Crippen LogP contribution in [-0.4, -0.2) is 10.9 Å². The first kappa shape index (κ1) is 12.1. The molecule has 2 nitrogen and oxygen atoms in total. The van der Waals surface area contributed by atoms with Gasteiger partial charge in [0, 0.05) is 27.1 Å². The fourth-order valence-corrected chi connectivity index (χ4v) is 2.62. The monoisotopic (exact) mass is 291 g/mol. The van der Waals surface area contributed by atoms with Gasteiger partial charge in [-0.05, 0) is 50.6 Å². The van der Waals surface area contributed by atoms with E-state index in [1.165, 1.54) is 5.56 Å². The molecule has 0 aliphatic rings. The molecule has 0 saturated heterocycles. The summed E-state index contributed by atoms with van der Waals surface area (Å²) < 4.78 is 3.18. The summed E-state index contributed by atoms with van der Waals surface area (Å²) in [4.78, 5) is 10.9. The first-order valence-electron chi connectivity index (χ1n) is 5.45. The lowest BCUT2D eigenvalue weighted by Crippen LogP contribution is -2.01. The summed E-state index contributed by atoms with van der Waals surface area (Å²) in [6, 6.07) is 8.08. The summed E-state index contributed by atoms with van der Waals surface area (Å²) in [7, 11) is 0. The van der Waals surface area contributed by atoms with Gasteiger partial charge < -0.3 is 4.57 Å². The zero-order chi connectivity index (χ0) is 12.6. The molecule has 2 rings (SSSR count). The van der Waals surface area contributed by atoms with Crippen LogP contribution in [0.1, 0.15) is 27.3 Å². The Morgan fingerprint density at radius 1 is 1.18 bits per heavy atom. The molecule has 0 bridgehead atoms. The summed E-state index contributed by atoms with van der Waals surface area (Å²) in [6.45, 7) is 6.05. The van der Waals surface area contributed by atoms with E-state index in [1.54, 1.807) is 0 Å². The number of aldehydes is 1. The van der Waals surface area contributed by atoms with Gasteiger partial charge in [0.1, 0.15) is 0 Å². The number of aromatic nitrogens is 1. The molecule has 0 unspecified atom stereocenters. The van der Waals surface area contributed by atoms with Gasteiger partial charge in [-0.3, -0.25) is 4.79 Å². The SMILES string of the molecule is Cc1cc(Br)ccc1-n1c(C)cc(C=O)c1C. The highest BCUT2D eigenvalue weighted by Crippen LogP contribution is 2.24. The van der Waals surface area contributed by atoms with Crippen LogP contribution in [0, 0.1) is 20.8 Å². The van der Waals surface area contributed by atoms with Crippen molar-refractivity contribution in [2.24, 2.45) is 0 Å². The second-order valence-electron chi connectivity index (χ2n) is 4.21. The van der Waals surface area contributed by atoms with Crippen LogP contribution in [0.5, 0.6) is 0 Å². The summed E-state index contributed by atoms with van der Waals surface area (Å²) in [5.41, 5.74) is 5.12. The molecule has 1 aromatic carbocycles. The molecule has 0 saturated carbocycles. The fraction of sp³-hybridized carbons (Fsp3) is 0.214. The average Bonchev–Trinajstić information content (AvgIpc) is 2.55. The highest BCUT2D eigenvalue weighted by Gasteiger charge is 2.11. The largest absolute Gasteiger partial charge is 0.318 e. The van der Waals surface area contributed by atoms with Gasteiger partial charge in [0.15, 0.2) is 6.29 Å². The predicted molar refractivity (Wildman–Crippen MR) is 73.1 cm³/mol. The zero-order valence-electron chi connectivity index (χ0n) is 10.1. The number of rotatable bonds is 2. The first-order chi connectivity index (χ1) is 8.04. The number of benzene rings is 1. The minimum absolute atomic E-state index is 0.754. The molecule has 0 fully saturated rings. The standard InChI is InChI=1S/C14H14BrNO/c1-9-6-13(15)4-5-14(9)16-10(2)7-12(8-17)11(16)3/h4-8H,1-3H3. The highest BCUT2D eigenvalue weighted by molar-refractivity contribution is 9.10. The van der Waals surface area contributed by atoms with Crippen molar-refractivity contribution >= 4 is 22.2 Å². The van der Waals surface area contributed by atoms with Crippen molar-refractivity contribution in [2.45, 2.75) is 20.8 Å². The fourth-order valence-electron chi connectivity index (χ4n) is 2.15. The number of carbonyl (C=O) groups is 1. The van der Waals surface area contributed by atoms with Crippen molar-refractivity contribution in [1.29, 1.82) is 0 Å².